The number of nitrogen functional groups attached to an aromatic ring is 1. The van der Waals surface area contributed by atoms with Crippen LogP contribution < -0.4 is 11.3 Å². The van der Waals surface area contributed by atoms with Crippen molar-refractivity contribution < 1.29 is 0 Å². The van der Waals surface area contributed by atoms with Crippen molar-refractivity contribution in [3.8, 4) is 0 Å². The van der Waals surface area contributed by atoms with Crippen LogP contribution in [0.4, 0.5) is 5.69 Å². The van der Waals surface area contributed by atoms with E-state index in [0.29, 0.717) is 12.2 Å². The Morgan fingerprint density at radius 3 is 2.84 bits per heavy atom. The van der Waals surface area contributed by atoms with Crippen LogP contribution in [0.3, 0.4) is 0 Å². The van der Waals surface area contributed by atoms with Gasteiger partial charge in [-0.15, -0.1) is 0 Å². The highest BCUT2D eigenvalue weighted by Gasteiger charge is 2.03. The molecule has 2 aromatic rings. The molecule has 2 heterocycles. The highest BCUT2D eigenvalue weighted by molar-refractivity contribution is 5.33. The molecular formula is C13H19N5O. The Morgan fingerprint density at radius 2 is 2.16 bits per heavy atom. The second kappa shape index (κ2) is 5.71. The van der Waals surface area contributed by atoms with Gasteiger partial charge >= 0.3 is 0 Å². The predicted octanol–water partition coefficient (Wildman–Crippen LogP) is 0.296. The Morgan fingerprint density at radius 1 is 1.37 bits per heavy atom. The number of hydrogen-bond donors (Lipinski definition) is 1. The molecule has 0 aliphatic carbocycles. The number of aromatic nitrogens is 3. The van der Waals surface area contributed by atoms with E-state index in [4.69, 9.17) is 5.73 Å². The topological polar surface area (TPSA) is 69.1 Å². The summed E-state index contributed by atoms with van der Waals surface area (Å²) in [5.74, 6) is 0. The third-order valence-corrected chi connectivity index (χ3v) is 2.94. The van der Waals surface area contributed by atoms with Crippen LogP contribution in [0.15, 0.2) is 35.5 Å². The van der Waals surface area contributed by atoms with Gasteiger partial charge in [0, 0.05) is 56.4 Å². The summed E-state index contributed by atoms with van der Waals surface area (Å²) < 4.78 is 3.42. The molecule has 6 heteroatoms. The average Bonchev–Trinajstić information content (AvgIpc) is 2.76. The predicted molar refractivity (Wildman–Crippen MR) is 74.7 cm³/mol. The first kappa shape index (κ1) is 13.4. The molecule has 0 fully saturated rings. The van der Waals surface area contributed by atoms with Gasteiger partial charge in [0.2, 0.25) is 0 Å². The molecule has 0 aliphatic heterocycles. The summed E-state index contributed by atoms with van der Waals surface area (Å²) >= 11 is 0. The fraction of sp³-hybridized carbons (Fsp3) is 0.385. The molecule has 0 saturated carbocycles. The molecule has 6 nitrogen and oxygen atoms in total. The Kier molecular flexibility index (Phi) is 4.01. The summed E-state index contributed by atoms with van der Waals surface area (Å²) in [6, 6.07) is 3.12. The maximum absolute atomic E-state index is 11.6. The van der Waals surface area contributed by atoms with Crippen LogP contribution in [0, 0.1) is 0 Å². The minimum atomic E-state index is -0.0241. The Bertz CT molecular complexity index is 601. The van der Waals surface area contributed by atoms with Crippen molar-refractivity contribution in [2.75, 3.05) is 19.3 Å². The van der Waals surface area contributed by atoms with Crippen molar-refractivity contribution in [2.24, 2.45) is 7.05 Å². The van der Waals surface area contributed by atoms with Gasteiger partial charge in [-0.1, -0.05) is 0 Å². The Hall–Kier alpha value is -2.08. The first-order valence-electron chi connectivity index (χ1n) is 6.16. The maximum atomic E-state index is 11.6. The zero-order valence-electron chi connectivity index (χ0n) is 11.3. The molecule has 0 radical (unpaired) electrons. The number of nitrogens with two attached hydrogens (primary N) is 1. The summed E-state index contributed by atoms with van der Waals surface area (Å²) in [4.78, 5) is 13.8. The van der Waals surface area contributed by atoms with Crippen LogP contribution in [0.2, 0.25) is 0 Å². The molecule has 0 saturated heterocycles. The number of likely N-dealkylation sites (N-methyl/N-ethyl adjacent to an activating group) is 1. The van der Waals surface area contributed by atoms with Gasteiger partial charge in [0.1, 0.15) is 0 Å². The molecule has 2 N–H and O–H groups in total. The second-order valence-corrected chi connectivity index (χ2v) is 4.75. The van der Waals surface area contributed by atoms with Crippen molar-refractivity contribution in [3.05, 3.63) is 46.6 Å². The van der Waals surface area contributed by atoms with Crippen LogP contribution in [0.5, 0.6) is 0 Å². The first-order valence-corrected chi connectivity index (χ1v) is 6.16. The van der Waals surface area contributed by atoms with Crippen LogP contribution >= 0.6 is 0 Å². The number of aryl methyl sites for hydroxylation is 1. The van der Waals surface area contributed by atoms with Gasteiger partial charge in [-0.3, -0.25) is 9.48 Å². The largest absolute Gasteiger partial charge is 0.398 e. The van der Waals surface area contributed by atoms with Gasteiger partial charge in [-0.2, -0.15) is 5.10 Å². The van der Waals surface area contributed by atoms with Gasteiger partial charge in [0.15, 0.2) is 0 Å². The molecule has 0 aliphatic rings. The second-order valence-electron chi connectivity index (χ2n) is 4.75. The van der Waals surface area contributed by atoms with Crippen LogP contribution in [0.1, 0.15) is 5.56 Å². The zero-order valence-corrected chi connectivity index (χ0v) is 11.3. The minimum absolute atomic E-state index is 0.0241. The molecule has 2 rings (SSSR count). The third-order valence-electron chi connectivity index (χ3n) is 2.94. The lowest BCUT2D eigenvalue weighted by molar-refractivity contribution is 0.310. The molecule has 0 bridgehead atoms. The summed E-state index contributed by atoms with van der Waals surface area (Å²) in [7, 11) is 3.92. The van der Waals surface area contributed by atoms with Crippen molar-refractivity contribution >= 4 is 5.69 Å². The number of hydrogen-bond acceptors (Lipinski definition) is 4. The highest BCUT2D eigenvalue weighted by atomic mass is 16.1. The van der Waals surface area contributed by atoms with Gasteiger partial charge in [0.05, 0.1) is 6.20 Å². The number of rotatable bonds is 5. The fourth-order valence-electron chi connectivity index (χ4n) is 1.95. The smallest absolute Gasteiger partial charge is 0.250 e. The Balaban J connectivity index is 1.91. The van der Waals surface area contributed by atoms with Crippen LogP contribution in [-0.2, 0) is 20.1 Å². The van der Waals surface area contributed by atoms with Crippen molar-refractivity contribution in [1.29, 1.82) is 0 Å². The summed E-state index contributed by atoms with van der Waals surface area (Å²) in [5, 5.41) is 4.13. The zero-order chi connectivity index (χ0) is 13.8. The van der Waals surface area contributed by atoms with Crippen LogP contribution in [0.25, 0.3) is 0 Å². The lowest BCUT2D eigenvalue weighted by atomic mass is 10.3. The molecule has 0 aromatic carbocycles. The van der Waals surface area contributed by atoms with E-state index in [-0.39, 0.29) is 5.56 Å². The lowest BCUT2D eigenvalue weighted by Gasteiger charge is -2.16. The van der Waals surface area contributed by atoms with E-state index in [1.54, 1.807) is 21.5 Å². The van der Waals surface area contributed by atoms with E-state index in [9.17, 15) is 4.79 Å². The molecule has 19 heavy (non-hydrogen) atoms. The van der Waals surface area contributed by atoms with Crippen molar-refractivity contribution in [2.45, 2.75) is 13.1 Å². The van der Waals surface area contributed by atoms with Crippen molar-refractivity contribution in [1.82, 2.24) is 19.2 Å². The summed E-state index contributed by atoms with van der Waals surface area (Å²) in [6.45, 7) is 2.21. The van der Waals surface area contributed by atoms with Crippen molar-refractivity contribution in [3.63, 3.8) is 0 Å². The SMILES string of the molecule is CN(CCn1cc(N)ccc1=O)Cc1cnn(C)c1. The monoisotopic (exact) mass is 261 g/mol. The molecule has 0 spiro atoms. The number of anilines is 1. The molecular weight excluding hydrogens is 242 g/mol. The Labute approximate surface area is 112 Å². The van der Waals surface area contributed by atoms with Gasteiger partial charge in [-0.05, 0) is 13.1 Å². The van der Waals surface area contributed by atoms with Crippen LogP contribution in [-0.4, -0.2) is 32.8 Å². The minimum Gasteiger partial charge on any atom is -0.398 e. The van der Waals surface area contributed by atoms with Gasteiger partial charge < -0.3 is 15.2 Å². The normalized spacial score (nSPS) is 11.1. The number of pyridine rings is 1. The molecule has 0 atom stereocenters. The van der Waals surface area contributed by atoms with E-state index < -0.39 is 0 Å². The van der Waals surface area contributed by atoms with E-state index in [1.807, 2.05) is 26.5 Å². The molecule has 0 amide bonds. The highest BCUT2D eigenvalue weighted by Crippen LogP contribution is 2.02. The fourth-order valence-corrected chi connectivity index (χ4v) is 1.95. The molecule has 0 unspecified atom stereocenters. The number of nitrogens with zero attached hydrogens (tertiary/aromatic N) is 4. The van der Waals surface area contributed by atoms with E-state index in [0.717, 1.165) is 18.7 Å². The van der Waals surface area contributed by atoms with E-state index >= 15 is 0 Å². The third kappa shape index (κ3) is 3.69. The first-order chi connectivity index (χ1) is 9.04. The van der Waals surface area contributed by atoms with Gasteiger partial charge in [0.25, 0.3) is 5.56 Å². The standard InChI is InChI=1S/C13H19N5O/c1-16(8-11-7-15-17(2)9-11)5-6-18-10-12(14)3-4-13(18)19/h3-4,7,9-10H,5-6,8,14H2,1-2H3. The quantitative estimate of drug-likeness (QED) is 0.840. The maximum Gasteiger partial charge on any atom is 0.250 e. The molecule has 102 valence electrons. The van der Waals surface area contributed by atoms with Gasteiger partial charge in [-0.25, -0.2) is 0 Å². The summed E-state index contributed by atoms with van der Waals surface area (Å²) in [6.07, 6.45) is 5.52. The van der Waals surface area contributed by atoms with E-state index in [1.165, 1.54) is 6.07 Å². The average molecular weight is 261 g/mol. The molecule has 2 aromatic heterocycles. The summed E-state index contributed by atoms with van der Waals surface area (Å²) in [5.41, 5.74) is 7.42. The van der Waals surface area contributed by atoms with E-state index in [2.05, 4.69) is 10.00 Å². The lowest BCUT2D eigenvalue weighted by Crippen LogP contribution is -2.27.